The Morgan fingerprint density at radius 2 is 1.61 bits per heavy atom. The zero-order chi connectivity index (χ0) is 13.0. The Hall–Kier alpha value is -1.47. The molecule has 1 aliphatic rings. The zero-order valence-electron chi connectivity index (χ0n) is 10.8. The van der Waals surface area contributed by atoms with Gasteiger partial charge in [-0.15, -0.1) is 0 Å². The third-order valence-electron chi connectivity index (χ3n) is 3.57. The summed E-state index contributed by atoms with van der Waals surface area (Å²) in [5.74, 6) is 0.401. The Morgan fingerprint density at radius 3 is 2.22 bits per heavy atom. The highest BCUT2D eigenvalue weighted by atomic mass is 16.7. The highest BCUT2D eigenvalue weighted by Crippen LogP contribution is 2.36. The molecule has 6 nitrogen and oxygen atoms in total. The molecule has 2 aromatic heterocycles. The van der Waals surface area contributed by atoms with E-state index in [4.69, 9.17) is 13.7 Å². The van der Waals surface area contributed by atoms with Crippen molar-refractivity contribution in [3.8, 4) is 0 Å². The minimum atomic E-state index is -0.595. The van der Waals surface area contributed by atoms with E-state index in [1.54, 1.807) is 6.20 Å². The third-order valence-corrected chi connectivity index (χ3v) is 3.57. The second-order valence-electron chi connectivity index (χ2n) is 5.38. The lowest BCUT2D eigenvalue weighted by Crippen LogP contribution is -2.41. The first-order valence-corrected chi connectivity index (χ1v) is 5.82. The number of oxazole rings is 1. The van der Waals surface area contributed by atoms with E-state index in [1.807, 2.05) is 27.7 Å². The summed E-state index contributed by atoms with van der Waals surface area (Å²) in [4.78, 5) is 4.31. The van der Waals surface area contributed by atoms with Crippen molar-refractivity contribution in [2.24, 2.45) is 0 Å². The van der Waals surface area contributed by atoms with E-state index in [2.05, 4.69) is 15.2 Å². The van der Waals surface area contributed by atoms with Crippen LogP contribution in [0.15, 0.2) is 16.8 Å². The van der Waals surface area contributed by atoms with Crippen LogP contribution < -0.4 is 5.79 Å². The first-order valence-electron chi connectivity index (χ1n) is 5.82. The average molecular weight is 247 g/mol. The number of aromatic nitrogens is 3. The first kappa shape index (κ1) is 11.6. The topological polar surface area (TPSA) is 70.3 Å². The average Bonchev–Trinajstić information content (AvgIpc) is 2.78. The molecular formula is C11H14BN3O3. The van der Waals surface area contributed by atoms with Crippen LogP contribution in [0.2, 0.25) is 0 Å². The van der Waals surface area contributed by atoms with Gasteiger partial charge in [-0.1, -0.05) is 0 Å². The molecule has 7 heteroatoms. The zero-order valence-corrected chi connectivity index (χ0v) is 10.8. The monoisotopic (exact) mass is 247 g/mol. The van der Waals surface area contributed by atoms with Gasteiger partial charge in [-0.2, -0.15) is 10.2 Å². The smallest absolute Gasteiger partial charge is 0.442 e. The fraction of sp³-hybridized carbons (Fsp3) is 0.545. The highest BCUT2D eigenvalue weighted by molar-refractivity contribution is 6.59. The number of fused-ring (bicyclic) bond motifs is 1. The van der Waals surface area contributed by atoms with Crippen molar-refractivity contribution in [2.45, 2.75) is 38.9 Å². The molecule has 3 heterocycles. The molecule has 0 amide bonds. The van der Waals surface area contributed by atoms with Crippen LogP contribution >= 0.6 is 0 Å². The maximum Gasteiger partial charge on any atom is 0.554 e. The number of hydrogen-bond donors (Lipinski definition) is 0. The molecule has 0 saturated carbocycles. The summed E-state index contributed by atoms with van der Waals surface area (Å²) in [6, 6.07) is 0. The van der Waals surface area contributed by atoms with E-state index >= 15 is 0 Å². The first-order chi connectivity index (χ1) is 8.39. The van der Waals surface area contributed by atoms with E-state index in [9.17, 15) is 0 Å². The lowest BCUT2D eigenvalue weighted by molar-refractivity contribution is 0.00578. The lowest BCUT2D eigenvalue weighted by atomic mass is 9.90. The molecule has 0 radical (unpaired) electrons. The quantitative estimate of drug-likeness (QED) is 0.697. The summed E-state index contributed by atoms with van der Waals surface area (Å²) in [6.45, 7) is 7.94. The Morgan fingerprint density at radius 1 is 1.00 bits per heavy atom. The van der Waals surface area contributed by atoms with Crippen LogP contribution in [0.4, 0.5) is 0 Å². The van der Waals surface area contributed by atoms with Crippen LogP contribution in [-0.2, 0) is 9.31 Å². The molecule has 3 rings (SSSR count). The molecule has 94 valence electrons. The van der Waals surface area contributed by atoms with E-state index in [1.165, 1.54) is 6.20 Å². The maximum absolute atomic E-state index is 5.86. The fourth-order valence-electron chi connectivity index (χ4n) is 1.77. The van der Waals surface area contributed by atoms with E-state index in [-0.39, 0.29) is 0 Å². The highest BCUT2D eigenvalue weighted by Gasteiger charge is 2.53. The second-order valence-corrected chi connectivity index (χ2v) is 5.38. The van der Waals surface area contributed by atoms with Crippen molar-refractivity contribution in [1.29, 1.82) is 0 Å². The molecule has 2 aromatic rings. The summed E-state index contributed by atoms with van der Waals surface area (Å²) in [5.41, 5.74) is 0.410. The van der Waals surface area contributed by atoms with Gasteiger partial charge in [-0.3, -0.25) is 0 Å². The molecule has 1 aliphatic heterocycles. The lowest BCUT2D eigenvalue weighted by Gasteiger charge is -2.32. The molecule has 1 saturated heterocycles. The summed E-state index contributed by atoms with van der Waals surface area (Å²) in [6.07, 6.45) is 3.07. The third kappa shape index (κ3) is 1.62. The fourth-order valence-corrected chi connectivity index (χ4v) is 1.77. The van der Waals surface area contributed by atoms with Crippen LogP contribution in [0.25, 0.3) is 11.1 Å². The van der Waals surface area contributed by atoms with Crippen LogP contribution in [0.5, 0.6) is 0 Å². The minimum Gasteiger partial charge on any atom is -0.442 e. The summed E-state index contributed by atoms with van der Waals surface area (Å²) in [5, 5.41) is 7.50. The van der Waals surface area contributed by atoms with Gasteiger partial charge < -0.3 is 13.7 Å². The van der Waals surface area contributed by atoms with Crippen LogP contribution in [-0.4, -0.2) is 33.5 Å². The van der Waals surface area contributed by atoms with Crippen molar-refractivity contribution < 1.29 is 13.7 Å². The molecular weight excluding hydrogens is 233 g/mol. The van der Waals surface area contributed by atoms with E-state index < -0.39 is 18.3 Å². The molecule has 0 aliphatic carbocycles. The van der Waals surface area contributed by atoms with Crippen molar-refractivity contribution in [2.75, 3.05) is 0 Å². The number of nitrogens with zero attached hydrogens (tertiary/aromatic N) is 3. The predicted molar refractivity (Wildman–Crippen MR) is 65.3 cm³/mol. The second kappa shape index (κ2) is 3.52. The standard InChI is InChI=1S/C11H14BN3O3/c1-10(2)11(3,4)18-12(17-10)9-15-7-5-13-14-6-8(7)16-9/h5-6H,1-4H3. The van der Waals surface area contributed by atoms with Crippen molar-refractivity contribution in [3.63, 3.8) is 0 Å². The van der Waals surface area contributed by atoms with Gasteiger partial charge in [0.05, 0.1) is 23.6 Å². The molecule has 0 spiro atoms. The van der Waals surface area contributed by atoms with Gasteiger partial charge in [0.25, 0.3) is 0 Å². The molecule has 0 atom stereocenters. The van der Waals surface area contributed by atoms with Gasteiger partial charge in [0.1, 0.15) is 5.52 Å². The van der Waals surface area contributed by atoms with Gasteiger partial charge in [0, 0.05) is 0 Å². The molecule has 0 bridgehead atoms. The number of rotatable bonds is 1. The Bertz CT molecular complexity index is 547. The molecule has 0 unspecified atom stereocenters. The van der Waals surface area contributed by atoms with Crippen molar-refractivity contribution in [3.05, 3.63) is 12.4 Å². The summed E-state index contributed by atoms with van der Waals surface area (Å²) >= 11 is 0. The maximum atomic E-state index is 5.86. The Kier molecular flexibility index (Phi) is 2.27. The van der Waals surface area contributed by atoms with Crippen molar-refractivity contribution in [1.82, 2.24) is 15.2 Å². The molecule has 0 N–H and O–H groups in total. The predicted octanol–water partition coefficient (Wildman–Crippen LogP) is 0.917. The van der Waals surface area contributed by atoms with Gasteiger partial charge in [-0.05, 0) is 27.7 Å². The summed E-state index contributed by atoms with van der Waals surface area (Å²) < 4.78 is 17.3. The largest absolute Gasteiger partial charge is 0.554 e. The van der Waals surface area contributed by atoms with Crippen LogP contribution in [0, 0.1) is 0 Å². The molecule has 0 aromatic carbocycles. The van der Waals surface area contributed by atoms with Crippen molar-refractivity contribution >= 4 is 24.0 Å². The Labute approximate surface area is 105 Å². The molecule has 1 fully saturated rings. The van der Waals surface area contributed by atoms with Gasteiger partial charge in [-0.25, -0.2) is 4.98 Å². The van der Waals surface area contributed by atoms with E-state index in [0.717, 1.165) is 0 Å². The van der Waals surface area contributed by atoms with Gasteiger partial charge in [0.15, 0.2) is 5.58 Å². The SMILES string of the molecule is CC1(C)OB(c2nc3cnncc3o2)OC1(C)C. The van der Waals surface area contributed by atoms with Gasteiger partial charge >= 0.3 is 7.12 Å². The van der Waals surface area contributed by atoms with Gasteiger partial charge in [0.2, 0.25) is 5.79 Å². The Balaban J connectivity index is 1.97. The molecule has 18 heavy (non-hydrogen) atoms. The minimum absolute atomic E-state index is 0.401. The van der Waals surface area contributed by atoms with Crippen LogP contribution in [0.1, 0.15) is 27.7 Å². The van der Waals surface area contributed by atoms with Crippen LogP contribution in [0.3, 0.4) is 0 Å². The van der Waals surface area contributed by atoms with E-state index in [0.29, 0.717) is 16.9 Å². The summed E-state index contributed by atoms with van der Waals surface area (Å²) in [7, 11) is -0.595. The number of hydrogen-bond acceptors (Lipinski definition) is 6. The normalized spacial score (nSPS) is 21.7.